The number of nitrogens with two attached hydrogens (primary N) is 1. The van der Waals surface area contributed by atoms with Crippen LogP contribution in [0.25, 0.3) is 0 Å². The van der Waals surface area contributed by atoms with E-state index in [1.54, 1.807) is 18.4 Å². The molecule has 0 aliphatic carbocycles. The lowest BCUT2D eigenvalue weighted by Crippen LogP contribution is -2.15. The summed E-state index contributed by atoms with van der Waals surface area (Å²) in [5.41, 5.74) is 8.17. The second-order valence-corrected chi connectivity index (χ2v) is 5.21. The van der Waals surface area contributed by atoms with Gasteiger partial charge in [-0.2, -0.15) is 0 Å². The number of rotatable bonds is 5. The van der Waals surface area contributed by atoms with E-state index in [4.69, 9.17) is 10.5 Å². The molecule has 2 rings (SSSR count). The Morgan fingerprint density at radius 3 is 2.89 bits per heavy atom. The fourth-order valence-corrected chi connectivity index (χ4v) is 2.83. The van der Waals surface area contributed by atoms with E-state index in [9.17, 15) is 0 Å². The van der Waals surface area contributed by atoms with Gasteiger partial charge in [-0.1, -0.05) is 12.1 Å². The fraction of sp³-hybridized carbons (Fsp3) is 0.357. The highest BCUT2D eigenvalue weighted by Crippen LogP contribution is 2.24. The normalized spacial score (nSPS) is 12.4. The van der Waals surface area contributed by atoms with E-state index in [0.717, 1.165) is 22.9 Å². The lowest BCUT2D eigenvalue weighted by Gasteiger charge is -2.12. The molecule has 1 aromatic heterocycles. The summed E-state index contributed by atoms with van der Waals surface area (Å²) in [5, 5.41) is 3.20. The Hall–Kier alpha value is -1.39. The van der Waals surface area contributed by atoms with E-state index in [1.807, 2.05) is 19.1 Å². The van der Waals surface area contributed by atoms with Crippen molar-refractivity contribution in [2.75, 3.05) is 13.7 Å². The molecule has 2 N–H and O–H groups in total. The topological polar surface area (TPSA) is 48.1 Å². The van der Waals surface area contributed by atoms with E-state index in [0.29, 0.717) is 6.54 Å². The summed E-state index contributed by atoms with van der Waals surface area (Å²) in [5.74, 6) is 1.18. The third-order valence-electron chi connectivity index (χ3n) is 2.89. The Kier molecular flexibility index (Phi) is 4.33. The number of methoxy groups -OCH3 is 1. The minimum absolute atomic E-state index is 0.288. The molecule has 1 unspecified atom stereocenters. The quantitative estimate of drug-likeness (QED) is 0.901. The maximum atomic E-state index is 5.87. The van der Waals surface area contributed by atoms with Crippen LogP contribution in [-0.2, 0) is 6.42 Å². The standard InChI is InChI=1S/C14H18N2OS/c1-10-9-18-14(16-10)12(8-15)6-11-4-3-5-13(7-11)17-2/h3-5,7,9,12H,6,8,15H2,1-2H3. The zero-order valence-electron chi connectivity index (χ0n) is 10.7. The molecule has 0 bridgehead atoms. The number of benzene rings is 1. The molecule has 0 amide bonds. The van der Waals surface area contributed by atoms with Crippen molar-refractivity contribution in [1.29, 1.82) is 0 Å². The van der Waals surface area contributed by atoms with Gasteiger partial charge in [0.2, 0.25) is 0 Å². The first-order valence-electron chi connectivity index (χ1n) is 5.98. The number of hydrogen-bond acceptors (Lipinski definition) is 4. The highest BCUT2D eigenvalue weighted by atomic mass is 32.1. The van der Waals surface area contributed by atoms with Gasteiger partial charge in [-0.25, -0.2) is 4.98 Å². The van der Waals surface area contributed by atoms with Crippen LogP contribution in [-0.4, -0.2) is 18.6 Å². The molecule has 18 heavy (non-hydrogen) atoms. The van der Waals surface area contributed by atoms with Gasteiger partial charge in [0, 0.05) is 23.5 Å². The number of thiazole rings is 1. The van der Waals surface area contributed by atoms with Gasteiger partial charge in [-0.05, 0) is 31.0 Å². The van der Waals surface area contributed by atoms with Crippen LogP contribution >= 0.6 is 11.3 Å². The zero-order valence-corrected chi connectivity index (χ0v) is 11.5. The Bertz CT molecular complexity index is 510. The van der Waals surface area contributed by atoms with Gasteiger partial charge in [-0.3, -0.25) is 0 Å². The molecule has 0 radical (unpaired) electrons. The SMILES string of the molecule is COc1cccc(CC(CN)c2nc(C)cs2)c1. The molecule has 2 aromatic rings. The van der Waals surface area contributed by atoms with Crippen LogP contribution in [0.2, 0.25) is 0 Å². The Morgan fingerprint density at radius 2 is 2.28 bits per heavy atom. The van der Waals surface area contributed by atoms with E-state index >= 15 is 0 Å². The molecule has 0 spiro atoms. The minimum atomic E-state index is 0.288. The van der Waals surface area contributed by atoms with Crippen molar-refractivity contribution in [3.8, 4) is 5.75 Å². The first-order valence-corrected chi connectivity index (χ1v) is 6.86. The van der Waals surface area contributed by atoms with Crippen LogP contribution in [0, 0.1) is 6.92 Å². The minimum Gasteiger partial charge on any atom is -0.497 e. The van der Waals surface area contributed by atoms with Crippen molar-refractivity contribution in [2.45, 2.75) is 19.3 Å². The Balaban J connectivity index is 2.14. The van der Waals surface area contributed by atoms with Crippen LogP contribution in [0.15, 0.2) is 29.6 Å². The third kappa shape index (κ3) is 3.09. The molecule has 0 aliphatic rings. The first kappa shape index (κ1) is 13.1. The van der Waals surface area contributed by atoms with Gasteiger partial charge >= 0.3 is 0 Å². The number of aromatic nitrogens is 1. The predicted octanol–water partition coefficient (Wildman–Crippen LogP) is 2.75. The molecular formula is C14H18N2OS. The molecular weight excluding hydrogens is 244 g/mol. The summed E-state index contributed by atoms with van der Waals surface area (Å²) in [4.78, 5) is 4.53. The largest absolute Gasteiger partial charge is 0.497 e. The van der Waals surface area contributed by atoms with E-state index in [2.05, 4.69) is 22.5 Å². The van der Waals surface area contributed by atoms with Gasteiger partial charge in [0.05, 0.1) is 12.1 Å². The van der Waals surface area contributed by atoms with Crippen molar-refractivity contribution in [1.82, 2.24) is 4.98 Å². The monoisotopic (exact) mass is 262 g/mol. The number of nitrogens with zero attached hydrogens (tertiary/aromatic N) is 1. The van der Waals surface area contributed by atoms with Gasteiger partial charge < -0.3 is 10.5 Å². The Morgan fingerprint density at radius 1 is 1.44 bits per heavy atom. The smallest absolute Gasteiger partial charge is 0.119 e. The molecule has 0 aliphatic heterocycles. The number of ether oxygens (including phenoxy) is 1. The molecule has 96 valence electrons. The second kappa shape index (κ2) is 5.98. The predicted molar refractivity (Wildman–Crippen MR) is 75.3 cm³/mol. The molecule has 1 atom stereocenters. The molecule has 0 saturated carbocycles. The van der Waals surface area contributed by atoms with Gasteiger partial charge in [0.25, 0.3) is 0 Å². The van der Waals surface area contributed by atoms with Crippen LogP contribution in [0.3, 0.4) is 0 Å². The van der Waals surface area contributed by atoms with Crippen molar-refractivity contribution in [3.05, 3.63) is 45.9 Å². The molecule has 3 nitrogen and oxygen atoms in total. The van der Waals surface area contributed by atoms with E-state index in [-0.39, 0.29) is 5.92 Å². The lowest BCUT2D eigenvalue weighted by atomic mass is 10.00. The van der Waals surface area contributed by atoms with Gasteiger partial charge in [0.15, 0.2) is 0 Å². The second-order valence-electron chi connectivity index (χ2n) is 4.32. The summed E-state index contributed by atoms with van der Waals surface area (Å²) < 4.78 is 5.24. The number of aryl methyl sites for hydroxylation is 1. The maximum absolute atomic E-state index is 5.87. The highest BCUT2D eigenvalue weighted by Gasteiger charge is 2.14. The third-order valence-corrected chi connectivity index (χ3v) is 4.01. The van der Waals surface area contributed by atoms with Crippen LogP contribution in [0.1, 0.15) is 22.2 Å². The Labute approximate surface area is 112 Å². The average molecular weight is 262 g/mol. The highest BCUT2D eigenvalue weighted by molar-refractivity contribution is 7.09. The van der Waals surface area contributed by atoms with Crippen LogP contribution in [0.4, 0.5) is 0 Å². The molecule has 1 aromatic carbocycles. The van der Waals surface area contributed by atoms with Crippen molar-refractivity contribution in [2.24, 2.45) is 5.73 Å². The van der Waals surface area contributed by atoms with Crippen molar-refractivity contribution in [3.63, 3.8) is 0 Å². The molecule has 0 saturated heterocycles. The lowest BCUT2D eigenvalue weighted by molar-refractivity contribution is 0.414. The number of hydrogen-bond donors (Lipinski definition) is 1. The molecule has 4 heteroatoms. The summed E-state index contributed by atoms with van der Waals surface area (Å²) >= 11 is 1.69. The van der Waals surface area contributed by atoms with E-state index < -0.39 is 0 Å². The molecule has 0 fully saturated rings. The summed E-state index contributed by atoms with van der Waals surface area (Å²) in [6.07, 6.45) is 0.903. The summed E-state index contributed by atoms with van der Waals surface area (Å²) in [6, 6.07) is 8.12. The first-order chi connectivity index (χ1) is 8.72. The van der Waals surface area contributed by atoms with Gasteiger partial charge in [0.1, 0.15) is 5.75 Å². The fourth-order valence-electron chi connectivity index (χ4n) is 1.92. The summed E-state index contributed by atoms with van der Waals surface area (Å²) in [7, 11) is 1.68. The zero-order chi connectivity index (χ0) is 13.0. The van der Waals surface area contributed by atoms with Crippen molar-refractivity contribution >= 4 is 11.3 Å². The van der Waals surface area contributed by atoms with Gasteiger partial charge in [-0.15, -0.1) is 11.3 Å². The molecule has 1 heterocycles. The summed E-state index contributed by atoms with van der Waals surface area (Å²) in [6.45, 7) is 2.63. The van der Waals surface area contributed by atoms with Crippen molar-refractivity contribution < 1.29 is 4.74 Å². The average Bonchev–Trinajstić information content (AvgIpc) is 2.82. The van der Waals surface area contributed by atoms with Crippen LogP contribution < -0.4 is 10.5 Å². The maximum Gasteiger partial charge on any atom is 0.119 e. The van der Waals surface area contributed by atoms with Crippen LogP contribution in [0.5, 0.6) is 5.75 Å². The van der Waals surface area contributed by atoms with E-state index in [1.165, 1.54) is 5.56 Å².